The first-order chi connectivity index (χ1) is 14.9. The van der Waals surface area contributed by atoms with E-state index >= 15 is 0 Å². The second-order valence-corrected chi connectivity index (χ2v) is 8.44. The molecule has 0 spiro atoms. The molecule has 162 valence electrons. The molecule has 1 aliphatic rings. The second-order valence-electron chi connectivity index (χ2n) is 8.44. The minimum Gasteiger partial charge on any atom is -0.497 e. The lowest BCUT2D eigenvalue weighted by molar-refractivity contribution is -0.0121. The quantitative estimate of drug-likeness (QED) is 0.646. The van der Waals surface area contributed by atoms with Crippen LogP contribution in [0.5, 0.6) is 5.75 Å². The standard InChI is InChI=1S/C25H28N2O4/c1-17-15-18(31-2)9-10-19(17)23(28)26-22-8-6-7-21-20(22)11-14-27(24(21)29)16-25(30)12-4-3-5-13-25/h6-11,14-15,30H,3-5,12-13,16H2,1-2H3,(H,26,28). The molecule has 1 saturated carbocycles. The maximum atomic E-state index is 13.1. The number of rotatable bonds is 5. The summed E-state index contributed by atoms with van der Waals surface area (Å²) in [6, 6.07) is 12.4. The molecule has 2 N–H and O–H groups in total. The average molecular weight is 421 g/mol. The fraction of sp³-hybridized carbons (Fsp3) is 0.360. The summed E-state index contributed by atoms with van der Waals surface area (Å²) in [7, 11) is 1.59. The lowest BCUT2D eigenvalue weighted by Crippen LogP contribution is -2.39. The summed E-state index contributed by atoms with van der Waals surface area (Å²) in [5, 5.41) is 15.0. The number of pyridine rings is 1. The van der Waals surface area contributed by atoms with Crippen molar-refractivity contribution in [2.75, 3.05) is 12.4 Å². The van der Waals surface area contributed by atoms with Crippen LogP contribution < -0.4 is 15.6 Å². The van der Waals surface area contributed by atoms with E-state index in [2.05, 4.69) is 5.32 Å². The molecule has 6 heteroatoms. The molecule has 2 aromatic carbocycles. The van der Waals surface area contributed by atoms with E-state index in [4.69, 9.17) is 4.74 Å². The molecule has 1 amide bonds. The molecular formula is C25H28N2O4. The van der Waals surface area contributed by atoms with Gasteiger partial charge < -0.3 is 19.7 Å². The fourth-order valence-electron chi connectivity index (χ4n) is 4.44. The van der Waals surface area contributed by atoms with Gasteiger partial charge in [0, 0.05) is 28.2 Å². The van der Waals surface area contributed by atoms with Crippen LogP contribution in [0.2, 0.25) is 0 Å². The number of ether oxygens (including phenoxy) is 1. The van der Waals surface area contributed by atoms with Gasteiger partial charge in [-0.15, -0.1) is 0 Å². The highest BCUT2D eigenvalue weighted by molar-refractivity contribution is 6.09. The number of methoxy groups -OCH3 is 1. The highest BCUT2D eigenvalue weighted by Crippen LogP contribution is 2.30. The van der Waals surface area contributed by atoms with Gasteiger partial charge in [-0.1, -0.05) is 25.3 Å². The van der Waals surface area contributed by atoms with Gasteiger partial charge in [0.1, 0.15) is 5.75 Å². The van der Waals surface area contributed by atoms with Crippen molar-refractivity contribution in [2.24, 2.45) is 0 Å². The third kappa shape index (κ3) is 4.35. The van der Waals surface area contributed by atoms with E-state index in [0.717, 1.165) is 37.7 Å². The summed E-state index contributed by atoms with van der Waals surface area (Å²) >= 11 is 0. The monoisotopic (exact) mass is 420 g/mol. The molecule has 0 unspecified atom stereocenters. The van der Waals surface area contributed by atoms with Gasteiger partial charge in [0.2, 0.25) is 0 Å². The summed E-state index contributed by atoms with van der Waals surface area (Å²) in [6.07, 6.45) is 6.25. The smallest absolute Gasteiger partial charge is 0.258 e. The summed E-state index contributed by atoms with van der Waals surface area (Å²) < 4.78 is 6.80. The van der Waals surface area contributed by atoms with Gasteiger partial charge in [0.15, 0.2) is 0 Å². The molecule has 0 atom stereocenters. The van der Waals surface area contributed by atoms with Crippen LogP contribution in [0.25, 0.3) is 10.8 Å². The molecule has 3 aromatic rings. The van der Waals surface area contributed by atoms with E-state index in [1.54, 1.807) is 48.2 Å². The predicted octanol–water partition coefficient (Wildman–Crippen LogP) is 4.27. The maximum Gasteiger partial charge on any atom is 0.258 e. The molecule has 1 aromatic heterocycles. The van der Waals surface area contributed by atoms with E-state index in [1.165, 1.54) is 0 Å². The first-order valence-corrected chi connectivity index (χ1v) is 10.7. The molecular weight excluding hydrogens is 392 g/mol. The summed E-state index contributed by atoms with van der Waals surface area (Å²) in [6.45, 7) is 2.15. The number of aryl methyl sites for hydroxylation is 1. The van der Waals surface area contributed by atoms with Crippen molar-refractivity contribution in [1.29, 1.82) is 0 Å². The van der Waals surface area contributed by atoms with E-state index in [1.807, 2.05) is 19.1 Å². The molecule has 31 heavy (non-hydrogen) atoms. The lowest BCUT2D eigenvalue weighted by atomic mass is 9.85. The fourth-order valence-corrected chi connectivity index (χ4v) is 4.44. The van der Waals surface area contributed by atoms with Crippen molar-refractivity contribution in [1.82, 2.24) is 4.57 Å². The van der Waals surface area contributed by atoms with Crippen LogP contribution in [-0.2, 0) is 6.54 Å². The minimum atomic E-state index is -0.826. The molecule has 4 rings (SSSR count). The SMILES string of the molecule is COc1ccc(C(=O)Nc2cccc3c(=O)n(CC4(O)CCCCC4)ccc23)c(C)c1. The number of benzene rings is 2. The van der Waals surface area contributed by atoms with Gasteiger partial charge in [-0.2, -0.15) is 0 Å². The number of hydrogen-bond acceptors (Lipinski definition) is 4. The zero-order valence-electron chi connectivity index (χ0n) is 18.0. The topological polar surface area (TPSA) is 80.6 Å². The van der Waals surface area contributed by atoms with Crippen molar-refractivity contribution in [3.05, 3.63) is 70.1 Å². The van der Waals surface area contributed by atoms with Crippen LogP contribution in [0.3, 0.4) is 0 Å². The average Bonchev–Trinajstić information content (AvgIpc) is 2.76. The Balaban J connectivity index is 1.63. The second kappa shape index (κ2) is 8.55. The Hall–Kier alpha value is -3.12. The number of carbonyl (C=O) groups is 1. The summed E-state index contributed by atoms with van der Waals surface area (Å²) in [4.78, 5) is 26.0. The van der Waals surface area contributed by atoms with Crippen molar-refractivity contribution >= 4 is 22.4 Å². The van der Waals surface area contributed by atoms with Crippen LogP contribution >= 0.6 is 0 Å². The highest BCUT2D eigenvalue weighted by atomic mass is 16.5. The van der Waals surface area contributed by atoms with Gasteiger partial charge in [-0.05, 0) is 61.7 Å². The normalized spacial score (nSPS) is 15.6. The number of amides is 1. The number of aromatic nitrogens is 1. The third-order valence-electron chi connectivity index (χ3n) is 6.19. The van der Waals surface area contributed by atoms with Crippen LogP contribution in [0.15, 0.2) is 53.5 Å². The van der Waals surface area contributed by atoms with E-state index < -0.39 is 5.60 Å². The lowest BCUT2D eigenvalue weighted by Gasteiger charge is -2.32. The molecule has 0 saturated heterocycles. The zero-order chi connectivity index (χ0) is 22.0. The Kier molecular flexibility index (Phi) is 5.83. The largest absolute Gasteiger partial charge is 0.497 e. The van der Waals surface area contributed by atoms with Gasteiger partial charge in [-0.3, -0.25) is 9.59 Å². The maximum absolute atomic E-state index is 13.1. The van der Waals surface area contributed by atoms with Crippen molar-refractivity contribution in [2.45, 2.75) is 51.2 Å². The molecule has 0 bridgehead atoms. The number of aliphatic hydroxyl groups is 1. The van der Waals surface area contributed by atoms with E-state index in [9.17, 15) is 14.7 Å². The summed E-state index contributed by atoms with van der Waals surface area (Å²) in [5.41, 5.74) is 0.949. The number of hydrogen-bond donors (Lipinski definition) is 2. The third-order valence-corrected chi connectivity index (χ3v) is 6.19. The number of nitrogens with one attached hydrogen (secondary N) is 1. The summed E-state index contributed by atoms with van der Waals surface area (Å²) in [5.74, 6) is 0.452. The van der Waals surface area contributed by atoms with E-state index in [0.29, 0.717) is 34.3 Å². The molecule has 0 radical (unpaired) electrons. The molecule has 1 fully saturated rings. The Morgan fingerprint density at radius 1 is 1.13 bits per heavy atom. The number of fused-ring (bicyclic) bond motifs is 1. The highest BCUT2D eigenvalue weighted by Gasteiger charge is 2.30. The Bertz CT molecular complexity index is 1180. The number of carbonyl (C=O) groups excluding carboxylic acids is 1. The van der Waals surface area contributed by atoms with Gasteiger partial charge in [0.05, 0.1) is 19.3 Å². The molecule has 0 aliphatic heterocycles. The van der Waals surface area contributed by atoms with Crippen LogP contribution in [0.4, 0.5) is 5.69 Å². The molecule has 1 aliphatic carbocycles. The molecule has 6 nitrogen and oxygen atoms in total. The van der Waals surface area contributed by atoms with Crippen molar-refractivity contribution in [3.8, 4) is 5.75 Å². The predicted molar refractivity (Wildman–Crippen MR) is 122 cm³/mol. The minimum absolute atomic E-state index is 0.159. The van der Waals surface area contributed by atoms with Crippen molar-refractivity contribution < 1.29 is 14.6 Å². The number of anilines is 1. The van der Waals surface area contributed by atoms with Crippen LogP contribution in [0, 0.1) is 6.92 Å². The Labute approximate surface area is 181 Å². The zero-order valence-corrected chi connectivity index (χ0v) is 18.0. The molecule has 1 heterocycles. The Morgan fingerprint density at radius 3 is 2.61 bits per heavy atom. The van der Waals surface area contributed by atoms with E-state index in [-0.39, 0.29) is 11.5 Å². The number of nitrogens with zero attached hydrogens (tertiary/aromatic N) is 1. The van der Waals surface area contributed by atoms with Crippen LogP contribution in [-0.4, -0.2) is 28.3 Å². The first-order valence-electron chi connectivity index (χ1n) is 10.7. The van der Waals surface area contributed by atoms with Gasteiger partial charge in [0.25, 0.3) is 11.5 Å². The van der Waals surface area contributed by atoms with Crippen LogP contribution in [0.1, 0.15) is 48.0 Å². The first kappa shape index (κ1) is 21.1. The van der Waals surface area contributed by atoms with Gasteiger partial charge >= 0.3 is 0 Å². The van der Waals surface area contributed by atoms with Crippen molar-refractivity contribution in [3.63, 3.8) is 0 Å². The van der Waals surface area contributed by atoms with Gasteiger partial charge in [-0.25, -0.2) is 0 Å². The Morgan fingerprint density at radius 2 is 1.90 bits per heavy atom.